The van der Waals surface area contributed by atoms with Gasteiger partial charge in [-0.3, -0.25) is 58.1 Å². The summed E-state index contributed by atoms with van der Waals surface area (Å²) in [6, 6.07) is -3.59. The number of alkyl halides is 15. The van der Waals surface area contributed by atoms with E-state index in [1.807, 2.05) is 0 Å². The molecule has 3 heterocycles. The van der Waals surface area contributed by atoms with Crippen LogP contribution in [-0.2, 0) is 48.3 Å². The molecule has 4 amide bonds. The summed E-state index contributed by atoms with van der Waals surface area (Å²) in [7, 11) is -7.51. The molecule has 0 spiro atoms. The van der Waals surface area contributed by atoms with E-state index in [0.717, 1.165) is 6.92 Å². The maximum absolute atomic E-state index is 15.3. The number of nitrogens with two attached hydrogens (primary N) is 1. The molecule has 9 unspecified atom stereocenters. The number of nitrogens with one attached hydrogen (secondary N) is 1. The van der Waals surface area contributed by atoms with Gasteiger partial charge in [-0.1, -0.05) is 0 Å². The second kappa shape index (κ2) is 30.6. The molecule has 9 atom stereocenters. The number of unbranched alkanes of at least 4 members (excludes halogenated alkanes) is 1. The van der Waals surface area contributed by atoms with Gasteiger partial charge in [-0.15, -0.1) is 0 Å². The van der Waals surface area contributed by atoms with Crippen LogP contribution in [-0.4, -0.2) is 327 Å². The minimum atomic E-state index is -8.06. The Bertz CT molecular complexity index is 2460. The third-order valence-electron chi connectivity index (χ3n) is 14.4. The van der Waals surface area contributed by atoms with Crippen LogP contribution in [0.2, 0.25) is 0 Å². The molecule has 504 valence electrons. The minimum absolute atomic E-state index is 0.0608. The lowest BCUT2D eigenvalue weighted by Gasteiger charge is -2.41. The summed E-state index contributed by atoms with van der Waals surface area (Å²) >= 11 is 0. The first-order valence-corrected chi connectivity index (χ1v) is 27.5. The number of halogens is 15. The Balaban J connectivity index is 2.08. The lowest BCUT2D eigenvalue weighted by molar-refractivity contribution is -0.360. The van der Waals surface area contributed by atoms with Gasteiger partial charge >= 0.3 is 53.0 Å². The number of nitrogens with zero attached hydrogens (tertiary/aromatic N) is 7. The molecule has 26 nitrogen and oxygen atoms in total. The highest BCUT2D eigenvalue weighted by Crippen LogP contribution is 2.56. The summed E-state index contributed by atoms with van der Waals surface area (Å²) in [6.45, 7) is -11.0. The molecule has 10 N–H and O–H groups in total. The molecular formula is C45H66F15N9O17S. The molecule has 0 aromatic carbocycles. The highest BCUT2D eigenvalue weighted by Gasteiger charge is 2.85. The average molecular weight is 1320 g/mol. The lowest BCUT2D eigenvalue weighted by atomic mass is 9.93. The van der Waals surface area contributed by atoms with Crippen molar-refractivity contribution in [3.8, 4) is 0 Å². The van der Waals surface area contributed by atoms with E-state index in [-0.39, 0.29) is 76.6 Å². The number of aliphatic hydroxyl groups is 4. The van der Waals surface area contributed by atoms with E-state index in [1.165, 1.54) is 19.6 Å². The third-order valence-corrected chi connectivity index (χ3v) is 16.3. The number of piperazine rings is 1. The normalized spacial score (nSPS) is 23.8. The van der Waals surface area contributed by atoms with Crippen molar-refractivity contribution >= 4 is 51.6 Å². The molecule has 3 saturated heterocycles. The van der Waals surface area contributed by atoms with E-state index >= 15 is 8.78 Å². The number of amides is 4. The number of sulfonamides is 1. The monoisotopic (exact) mass is 1320 g/mol. The topological polar surface area (TPSA) is 365 Å². The van der Waals surface area contributed by atoms with Crippen LogP contribution in [0.25, 0.3) is 0 Å². The summed E-state index contributed by atoms with van der Waals surface area (Å²) in [5, 5.41) is 64.4. The third kappa shape index (κ3) is 18.3. The van der Waals surface area contributed by atoms with Gasteiger partial charge in [0.05, 0.1) is 44.8 Å². The Hall–Kier alpha value is -5.05. The minimum Gasteiger partial charge on any atom is -0.480 e. The fraction of sp³-hybridized carbons (Fsp3) is 0.844. The molecule has 0 aromatic rings. The van der Waals surface area contributed by atoms with Crippen LogP contribution in [0, 0.1) is 0 Å². The number of hydrogen-bond acceptors (Lipinski definition) is 19. The maximum Gasteiger partial charge on any atom is 0.456 e. The van der Waals surface area contributed by atoms with Crippen LogP contribution in [0.3, 0.4) is 0 Å². The molecule has 0 saturated carbocycles. The largest absolute Gasteiger partial charge is 0.480 e. The number of ether oxygens (including phenoxy) is 1. The zero-order valence-electron chi connectivity index (χ0n) is 45.8. The van der Waals surface area contributed by atoms with Crippen molar-refractivity contribution in [2.45, 2.75) is 123 Å². The summed E-state index contributed by atoms with van der Waals surface area (Å²) in [5.74, 6) is -40.8. The van der Waals surface area contributed by atoms with Gasteiger partial charge in [-0.25, -0.2) is 17.2 Å². The zero-order chi connectivity index (χ0) is 66.7. The van der Waals surface area contributed by atoms with Crippen LogP contribution in [0.1, 0.15) is 32.6 Å². The fourth-order valence-electron chi connectivity index (χ4n) is 9.20. The molecule has 3 fully saturated rings. The van der Waals surface area contributed by atoms with Crippen molar-refractivity contribution in [1.82, 2.24) is 39.0 Å². The van der Waals surface area contributed by atoms with Crippen molar-refractivity contribution in [1.29, 1.82) is 0 Å². The first kappa shape index (κ1) is 76.2. The van der Waals surface area contributed by atoms with Crippen LogP contribution < -0.4 is 11.1 Å². The van der Waals surface area contributed by atoms with E-state index in [4.69, 9.17) is 10.5 Å². The molecule has 0 radical (unpaired) electrons. The molecular weight excluding hydrogens is 1260 g/mol. The van der Waals surface area contributed by atoms with Crippen molar-refractivity contribution in [2.24, 2.45) is 5.73 Å². The van der Waals surface area contributed by atoms with Crippen LogP contribution in [0.15, 0.2) is 0 Å². The number of carbonyl (C=O) groups excluding carboxylic acids is 4. The summed E-state index contributed by atoms with van der Waals surface area (Å²) in [6.07, 6.45) is -31.2. The fourth-order valence-corrected chi connectivity index (χ4v) is 10.6. The first-order valence-electron chi connectivity index (χ1n) is 26.1. The van der Waals surface area contributed by atoms with E-state index in [2.05, 4.69) is 5.32 Å². The highest BCUT2D eigenvalue weighted by atomic mass is 32.2. The quantitative estimate of drug-likeness (QED) is 0.0314. The van der Waals surface area contributed by atoms with Crippen molar-refractivity contribution in [3.63, 3.8) is 0 Å². The summed E-state index contributed by atoms with van der Waals surface area (Å²) < 4.78 is 241. The number of carboxylic acids is 3. The SMILES string of the molecule is CC(C(=O)N(CC(=O)N1CCN(S(=O)(=O)C(F)(F)C(F)(F)C(F)(F)C(F)C(F)(F)C(F)C(F)(F)C(F)(F)F)CC1)C(=O)C(CCCCN)NC(=O)CC1OC(CO)C(O)C(O)C1O)N1CCN(CC(=O)O)CCN(CC(=O)O)CCN(CC(=O)O)CC1. The van der Waals surface area contributed by atoms with Gasteiger partial charge in [0.2, 0.25) is 30.1 Å². The first-order chi connectivity index (χ1) is 39.9. The predicted octanol–water partition coefficient (Wildman–Crippen LogP) is -2.10. The summed E-state index contributed by atoms with van der Waals surface area (Å²) in [5.41, 5.74) is 5.62. The Kier molecular flexibility index (Phi) is 26.8. The predicted molar refractivity (Wildman–Crippen MR) is 261 cm³/mol. The van der Waals surface area contributed by atoms with Crippen molar-refractivity contribution < 1.29 is 148 Å². The number of carboxylic acid groups (broad SMARTS) is 3. The molecule has 87 heavy (non-hydrogen) atoms. The smallest absolute Gasteiger partial charge is 0.456 e. The van der Waals surface area contributed by atoms with Gasteiger partial charge in [0.1, 0.15) is 37.0 Å². The Labute approximate surface area is 484 Å². The Morgan fingerprint density at radius 2 is 1.07 bits per heavy atom. The van der Waals surface area contributed by atoms with Crippen molar-refractivity contribution in [3.05, 3.63) is 0 Å². The Morgan fingerprint density at radius 3 is 1.49 bits per heavy atom. The molecule has 3 rings (SSSR count). The van der Waals surface area contributed by atoms with Crippen LogP contribution in [0.5, 0.6) is 0 Å². The van der Waals surface area contributed by atoms with Crippen LogP contribution >= 0.6 is 0 Å². The molecule has 0 aromatic heterocycles. The number of carbonyl (C=O) groups is 7. The van der Waals surface area contributed by atoms with Gasteiger partial charge < -0.3 is 56.4 Å². The van der Waals surface area contributed by atoms with E-state index in [1.54, 1.807) is 0 Å². The number of aliphatic hydroxyl groups excluding tert-OH is 4. The zero-order valence-corrected chi connectivity index (χ0v) is 46.6. The van der Waals surface area contributed by atoms with Gasteiger partial charge in [0.15, 0.2) is 0 Å². The standard InChI is InChI=1S/C45H66F15N9O17S/c1-24(66-12-10-64(21-31(75)76)8-6-63(20-30(73)74)7-9-65(11-13-66)22-32(77)78)36(82)69(37(83)25(4-2-3-5-61)62-28(71)18-26-33(79)35(81)34(80)27(23-70)86-26)19-29(72)67-14-16-68(17-15-67)87(84,85)45(59,60)43(54,55)41(50,51)38(46)40(48,49)39(47)42(52,53)44(56,57)58/h24-27,33-35,38-39,70,79-81H,2-23,61H2,1H3,(H,62,71)(H,73,74)(H,75,76)(H,77,78). The maximum atomic E-state index is 15.3. The van der Waals surface area contributed by atoms with Crippen molar-refractivity contribution in [2.75, 3.05) is 118 Å². The second-order valence-electron chi connectivity index (χ2n) is 20.5. The Morgan fingerprint density at radius 1 is 0.632 bits per heavy atom. The molecule has 3 aliphatic rings. The summed E-state index contributed by atoms with van der Waals surface area (Å²) in [4.78, 5) is 99.0. The number of hydrogen-bond donors (Lipinski definition) is 9. The molecule has 0 aliphatic carbocycles. The van der Waals surface area contributed by atoms with E-state index in [9.17, 15) is 135 Å². The van der Waals surface area contributed by atoms with Gasteiger partial charge in [-0.05, 0) is 32.7 Å². The number of rotatable bonds is 27. The number of imide groups is 1. The molecule has 3 aliphatic heterocycles. The molecule has 0 bridgehead atoms. The average Bonchev–Trinajstić information content (AvgIpc) is 0.734. The number of aliphatic carboxylic acids is 3. The molecule has 42 heteroatoms. The van der Waals surface area contributed by atoms with E-state index in [0.29, 0.717) is 4.90 Å². The van der Waals surface area contributed by atoms with E-state index < -0.39 is 218 Å². The van der Waals surface area contributed by atoms with Gasteiger partial charge in [-0.2, -0.15) is 61.4 Å². The highest BCUT2D eigenvalue weighted by molar-refractivity contribution is 7.90. The lowest BCUT2D eigenvalue weighted by Crippen LogP contribution is -2.69. The van der Waals surface area contributed by atoms with Gasteiger partial charge in [0, 0.05) is 78.5 Å². The second-order valence-corrected chi connectivity index (χ2v) is 22.5. The van der Waals surface area contributed by atoms with Gasteiger partial charge in [0.25, 0.3) is 15.9 Å². The van der Waals surface area contributed by atoms with Crippen LogP contribution in [0.4, 0.5) is 65.9 Å².